The van der Waals surface area contributed by atoms with Crippen molar-refractivity contribution in [3.8, 4) is 5.75 Å². The zero-order valence-electron chi connectivity index (χ0n) is 12.7. The Labute approximate surface area is 118 Å². The third-order valence-electron chi connectivity index (χ3n) is 3.50. The second kappa shape index (κ2) is 5.53. The van der Waals surface area contributed by atoms with E-state index in [9.17, 15) is 4.79 Å². The molecule has 0 aliphatic heterocycles. The van der Waals surface area contributed by atoms with Crippen LogP contribution in [-0.2, 0) is 6.54 Å². The molecule has 0 aliphatic rings. The van der Waals surface area contributed by atoms with E-state index in [2.05, 4.69) is 4.98 Å². The van der Waals surface area contributed by atoms with Crippen LogP contribution in [0, 0.1) is 13.8 Å². The summed E-state index contributed by atoms with van der Waals surface area (Å²) in [6.45, 7) is 8.37. The van der Waals surface area contributed by atoms with Gasteiger partial charge in [0.05, 0.1) is 19.3 Å². The van der Waals surface area contributed by atoms with Crippen molar-refractivity contribution in [2.75, 3.05) is 7.11 Å². The molecule has 0 amide bonds. The van der Waals surface area contributed by atoms with Crippen molar-refractivity contribution < 1.29 is 4.74 Å². The maximum absolute atomic E-state index is 12.2. The van der Waals surface area contributed by atoms with Gasteiger partial charge < -0.3 is 4.74 Å². The normalized spacial score (nSPS) is 11.1. The molecule has 0 aromatic carbocycles. The second-order valence-corrected chi connectivity index (χ2v) is 5.26. The SMILES string of the molecule is COc1c(C)cnc(Cn2ccn(C(C)C)c2=O)c1C. The largest absolute Gasteiger partial charge is 0.496 e. The van der Waals surface area contributed by atoms with Crippen LogP contribution < -0.4 is 10.4 Å². The topological polar surface area (TPSA) is 49.0 Å². The first-order valence-corrected chi connectivity index (χ1v) is 6.72. The molecule has 0 radical (unpaired) electrons. The van der Waals surface area contributed by atoms with E-state index < -0.39 is 0 Å². The quantitative estimate of drug-likeness (QED) is 0.860. The van der Waals surface area contributed by atoms with Crippen molar-refractivity contribution in [2.45, 2.75) is 40.3 Å². The molecule has 2 rings (SSSR count). The van der Waals surface area contributed by atoms with E-state index in [1.54, 1.807) is 28.6 Å². The van der Waals surface area contributed by atoms with Gasteiger partial charge in [-0.1, -0.05) is 0 Å². The predicted octanol–water partition coefficient (Wildman–Crippen LogP) is 2.30. The number of imidazole rings is 1. The molecular weight excluding hydrogens is 254 g/mol. The molecule has 0 N–H and O–H groups in total. The summed E-state index contributed by atoms with van der Waals surface area (Å²) >= 11 is 0. The Hall–Kier alpha value is -2.04. The van der Waals surface area contributed by atoms with Gasteiger partial charge in [-0.2, -0.15) is 0 Å². The van der Waals surface area contributed by atoms with Gasteiger partial charge in [-0.3, -0.25) is 14.1 Å². The molecule has 0 saturated carbocycles. The lowest BCUT2D eigenvalue weighted by Gasteiger charge is -2.12. The highest BCUT2D eigenvalue weighted by molar-refractivity contribution is 5.41. The lowest BCUT2D eigenvalue weighted by atomic mass is 10.1. The van der Waals surface area contributed by atoms with Crippen molar-refractivity contribution in [3.63, 3.8) is 0 Å². The Morgan fingerprint density at radius 2 is 2.00 bits per heavy atom. The Balaban J connectivity index is 2.38. The van der Waals surface area contributed by atoms with E-state index in [1.165, 1.54) is 0 Å². The predicted molar refractivity (Wildman–Crippen MR) is 78.4 cm³/mol. The molecular formula is C15H21N3O2. The lowest BCUT2D eigenvalue weighted by Crippen LogP contribution is -2.26. The van der Waals surface area contributed by atoms with Crippen LogP contribution in [0.2, 0.25) is 0 Å². The zero-order chi connectivity index (χ0) is 14.9. The van der Waals surface area contributed by atoms with Crippen LogP contribution in [0.1, 0.15) is 36.7 Å². The molecule has 0 aliphatic carbocycles. The van der Waals surface area contributed by atoms with E-state index in [1.807, 2.05) is 33.9 Å². The van der Waals surface area contributed by atoms with Crippen LogP contribution in [0.3, 0.4) is 0 Å². The average molecular weight is 275 g/mol. The molecule has 20 heavy (non-hydrogen) atoms. The van der Waals surface area contributed by atoms with Gasteiger partial charge in [0.15, 0.2) is 0 Å². The fourth-order valence-electron chi connectivity index (χ4n) is 2.33. The van der Waals surface area contributed by atoms with Crippen molar-refractivity contribution >= 4 is 0 Å². The first-order valence-electron chi connectivity index (χ1n) is 6.72. The van der Waals surface area contributed by atoms with E-state index >= 15 is 0 Å². The minimum absolute atomic E-state index is 0.0132. The second-order valence-electron chi connectivity index (χ2n) is 5.26. The first-order chi connectivity index (χ1) is 9.45. The number of rotatable bonds is 4. The average Bonchev–Trinajstić information content (AvgIpc) is 2.75. The molecule has 0 atom stereocenters. The van der Waals surface area contributed by atoms with Crippen molar-refractivity contribution in [1.82, 2.24) is 14.1 Å². The van der Waals surface area contributed by atoms with Gasteiger partial charge in [0.1, 0.15) is 5.75 Å². The number of methoxy groups -OCH3 is 1. The molecule has 0 fully saturated rings. The number of aromatic nitrogens is 3. The van der Waals surface area contributed by atoms with Gasteiger partial charge in [0, 0.05) is 35.8 Å². The molecule has 0 bridgehead atoms. The van der Waals surface area contributed by atoms with Crippen molar-refractivity contribution in [2.24, 2.45) is 0 Å². The number of hydrogen-bond donors (Lipinski definition) is 0. The summed E-state index contributed by atoms with van der Waals surface area (Å²) in [7, 11) is 1.65. The van der Waals surface area contributed by atoms with Gasteiger partial charge in [-0.15, -0.1) is 0 Å². The minimum atomic E-state index is -0.0132. The van der Waals surface area contributed by atoms with Crippen LogP contribution in [0.25, 0.3) is 0 Å². The monoisotopic (exact) mass is 275 g/mol. The lowest BCUT2D eigenvalue weighted by molar-refractivity contribution is 0.406. The third-order valence-corrected chi connectivity index (χ3v) is 3.50. The summed E-state index contributed by atoms with van der Waals surface area (Å²) in [6, 6.07) is 0.158. The van der Waals surface area contributed by atoms with E-state index in [-0.39, 0.29) is 11.7 Å². The Morgan fingerprint density at radius 3 is 2.55 bits per heavy atom. The third kappa shape index (κ3) is 2.48. The summed E-state index contributed by atoms with van der Waals surface area (Å²) in [5.41, 5.74) is 2.83. The zero-order valence-corrected chi connectivity index (χ0v) is 12.7. The smallest absolute Gasteiger partial charge is 0.328 e. The van der Waals surface area contributed by atoms with Gasteiger partial charge in [-0.05, 0) is 27.7 Å². The molecule has 0 unspecified atom stereocenters. The molecule has 108 valence electrons. The number of pyridine rings is 1. The van der Waals surface area contributed by atoms with Crippen LogP contribution in [0.15, 0.2) is 23.4 Å². The maximum Gasteiger partial charge on any atom is 0.328 e. The first kappa shape index (κ1) is 14.4. The van der Waals surface area contributed by atoms with Crippen LogP contribution >= 0.6 is 0 Å². The number of ether oxygens (including phenoxy) is 1. The highest BCUT2D eigenvalue weighted by Crippen LogP contribution is 2.24. The van der Waals surface area contributed by atoms with Crippen molar-refractivity contribution in [1.29, 1.82) is 0 Å². The van der Waals surface area contributed by atoms with Crippen molar-refractivity contribution in [3.05, 3.63) is 45.9 Å². The molecule has 5 nitrogen and oxygen atoms in total. The van der Waals surface area contributed by atoms with Crippen LogP contribution in [0.4, 0.5) is 0 Å². The minimum Gasteiger partial charge on any atom is -0.496 e. The standard InChI is InChI=1S/C15H21N3O2/c1-10(2)18-7-6-17(15(18)19)9-13-12(4)14(20-5)11(3)8-16-13/h6-8,10H,9H2,1-5H3. The molecule has 2 aromatic heterocycles. The summed E-state index contributed by atoms with van der Waals surface area (Å²) in [4.78, 5) is 16.6. The van der Waals surface area contributed by atoms with E-state index in [0.717, 1.165) is 22.6 Å². The Kier molecular flexibility index (Phi) is 3.97. The van der Waals surface area contributed by atoms with E-state index in [0.29, 0.717) is 6.54 Å². The number of aryl methyl sites for hydroxylation is 1. The maximum atomic E-state index is 12.2. The Bertz CT molecular complexity index is 668. The fraction of sp³-hybridized carbons (Fsp3) is 0.467. The molecule has 0 spiro atoms. The van der Waals surface area contributed by atoms with Gasteiger partial charge in [-0.25, -0.2) is 4.79 Å². The van der Waals surface area contributed by atoms with Crippen LogP contribution in [0.5, 0.6) is 5.75 Å². The molecule has 5 heteroatoms. The van der Waals surface area contributed by atoms with Gasteiger partial charge >= 0.3 is 5.69 Å². The summed E-state index contributed by atoms with van der Waals surface area (Å²) in [6.07, 6.45) is 5.40. The molecule has 2 aromatic rings. The van der Waals surface area contributed by atoms with Gasteiger partial charge in [0.25, 0.3) is 0 Å². The number of nitrogens with zero attached hydrogens (tertiary/aromatic N) is 3. The Morgan fingerprint density at radius 1 is 1.30 bits per heavy atom. The molecule has 0 saturated heterocycles. The van der Waals surface area contributed by atoms with Crippen LogP contribution in [-0.4, -0.2) is 21.2 Å². The summed E-state index contributed by atoms with van der Waals surface area (Å²) in [5, 5.41) is 0. The highest BCUT2D eigenvalue weighted by atomic mass is 16.5. The summed E-state index contributed by atoms with van der Waals surface area (Å²) in [5.74, 6) is 0.839. The van der Waals surface area contributed by atoms with E-state index in [4.69, 9.17) is 4.74 Å². The summed E-state index contributed by atoms with van der Waals surface area (Å²) < 4.78 is 8.78. The molecule has 2 heterocycles. The fourth-order valence-corrected chi connectivity index (χ4v) is 2.33. The highest BCUT2D eigenvalue weighted by Gasteiger charge is 2.12. The van der Waals surface area contributed by atoms with Gasteiger partial charge in [0.2, 0.25) is 0 Å². The number of hydrogen-bond acceptors (Lipinski definition) is 3.